The fourth-order valence-corrected chi connectivity index (χ4v) is 4.19. The zero-order chi connectivity index (χ0) is 22.9. The van der Waals surface area contributed by atoms with Crippen LogP contribution in [0.15, 0.2) is 54.6 Å². The van der Waals surface area contributed by atoms with Crippen molar-refractivity contribution in [2.24, 2.45) is 0 Å². The third-order valence-corrected chi connectivity index (χ3v) is 5.54. The predicted octanol–water partition coefficient (Wildman–Crippen LogP) is 1.64. The van der Waals surface area contributed by atoms with Gasteiger partial charge in [0, 0.05) is 5.56 Å². The summed E-state index contributed by atoms with van der Waals surface area (Å²) in [6.07, 6.45) is 0. The molecular formula is C20H19F2N3O5S. The molecule has 0 fully saturated rings. The highest BCUT2D eigenvalue weighted by Gasteiger charge is 2.28. The Morgan fingerprint density at radius 3 is 2.45 bits per heavy atom. The highest BCUT2D eigenvalue weighted by Crippen LogP contribution is 2.18. The van der Waals surface area contributed by atoms with Crippen LogP contribution in [0.5, 0.6) is 5.75 Å². The molecule has 2 aromatic carbocycles. The molecular weight excluding hydrogens is 432 g/mol. The molecule has 0 radical (unpaired) electrons. The Balaban J connectivity index is 2.17. The number of hydrogen-bond acceptors (Lipinski definition) is 6. The number of carbonyl (C=O) groups is 2. The van der Waals surface area contributed by atoms with E-state index in [2.05, 4.69) is 15.4 Å². The summed E-state index contributed by atoms with van der Waals surface area (Å²) in [5.41, 5.74) is 0.388. The van der Waals surface area contributed by atoms with Gasteiger partial charge >= 0.3 is 6.61 Å². The number of ether oxygens (including phenoxy) is 1. The molecule has 31 heavy (non-hydrogen) atoms. The Morgan fingerprint density at radius 1 is 1.10 bits per heavy atom. The molecule has 0 aliphatic carbocycles. The minimum absolute atomic E-state index is 0.170. The molecule has 11 heteroatoms. The monoisotopic (exact) mass is 451 g/mol. The lowest BCUT2D eigenvalue weighted by molar-refractivity contribution is -0.122. The molecule has 0 unspecified atom stereocenters. The predicted molar refractivity (Wildman–Crippen MR) is 107 cm³/mol. The Bertz CT molecular complexity index is 1060. The van der Waals surface area contributed by atoms with Crippen LogP contribution in [0.2, 0.25) is 0 Å². The van der Waals surface area contributed by atoms with Crippen molar-refractivity contribution in [2.45, 2.75) is 18.4 Å². The molecule has 8 nitrogen and oxygen atoms in total. The summed E-state index contributed by atoms with van der Waals surface area (Å²) < 4.78 is 54.3. The molecule has 0 saturated heterocycles. The maximum atomic E-state index is 12.7. The standard InChI is InChI=1S/C20H19F2N3O5S/c21-20(22)30-16-8-4-5-14(11-16)12-31(28,29)13-17(19(27)24-10-9-23)25-18(26)15-6-2-1-3-7-15/h1-8,11,17,20H,10,12-13H2,(H,24,27)(H,25,26)/t17-/m0/s1. The molecule has 2 N–H and O–H groups in total. The van der Waals surface area contributed by atoms with E-state index in [0.717, 1.165) is 6.07 Å². The fourth-order valence-electron chi connectivity index (χ4n) is 2.64. The van der Waals surface area contributed by atoms with E-state index >= 15 is 0 Å². The number of rotatable bonds is 10. The van der Waals surface area contributed by atoms with Crippen molar-refractivity contribution in [1.82, 2.24) is 10.6 Å². The number of alkyl halides is 2. The van der Waals surface area contributed by atoms with Crippen molar-refractivity contribution >= 4 is 21.7 Å². The summed E-state index contributed by atoms with van der Waals surface area (Å²) in [6.45, 7) is -3.43. The van der Waals surface area contributed by atoms with Gasteiger partial charge in [0.2, 0.25) is 5.91 Å². The zero-order valence-electron chi connectivity index (χ0n) is 16.1. The minimum Gasteiger partial charge on any atom is -0.435 e. The van der Waals surface area contributed by atoms with Gasteiger partial charge in [0.1, 0.15) is 18.3 Å². The maximum absolute atomic E-state index is 12.7. The van der Waals surface area contributed by atoms with Crippen LogP contribution in [0.4, 0.5) is 8.78 Å². The third kappa shape index (κ3) is 8.02. The smallest absolute Gasteiger partial charge is 0.387 e. The fraction of sp³-hybridized carbons (Fsp3) is 0.250. The summed E-state index contributed by atoms with van der Waals surface area (Å²) in [6, 6.07) is 13.3. The minimum atomic E-state index is -3.98. The van der Waals surface area contributed by atoms with Crippen LogP contribution in [-0.2, 0) is 20.4 Å². The highest BCUT2D eigenvalue weighted by atomic mass is 32.2. The molecule has 0 heterocycles. The Hall–Kier alpha value is -3.52. The third-order valence-electron chi connectivity index (χ3n) is 3.93. The second kappa shape index (κ2) is 11.0. The molecule has 2 rings (SSSR count). The number of benzene rings is 2. The first-order valence-corrected chi connectivity index (χ1v) is 10.8. The van der Waals surface area contributed by atoms with Crippen LogP contribution >= 0.6 is 0 Å². The van der Waals surface area contributed by atoms with E-state index in [9.17, 15) is 26.8 Å². The molecule has 2 amide bonds. The largest absolute Gasteiger partial charge is 0.435 e. The quantitative estimate of drug-likeness (QED) is 0.529. The van der Waals surface area contributed by atoms with Gasteiger partial charge in [-0.15, -0.1) is 0 Å². The summed E-state index contributed by atoms with van der Waals surface area (Å²) in [7, 11) is -3.98. The lowest BCUT2D eigenvalue weighted by Gasteiger charge is -2.18. The number of halogens is 2. The Kier molecular flexibility index (Phi) is 8.45. The van der Waals surface area contributed by atoms with Crippen LogP contribution in [0, 0.1) is 11.3 Å². The van der Waals surface area contributed by atoms with Gasteiger partial charge < -0.3 is 15.4 Å². The summed E-state index contributed by atoms with van der Waals surface area (Å²) in [4.78, 5) is 24.7. The molecule has 0 bridgehead atoms. The van der Waals surface area contributed by atoms with E-state index in [1.807, 2.05) is 0 Å². The van der Waals surface area contributed by atoms with E-state index in [1.54, 1.807) is 24.3 Å². The molecule has 0 aliphatic rings. The first-order chi connectivity index (χ1) is 14.7. The van der Waals surface area contributed by atoms with Gasteiger partial charge in [0.25, 0.3) is 5.91 Å². The van der Waals surface area contributed by atoms with E-state index < -0.39 is 45.8 Å². The van der Waals surface area contributed by atoms with Crippen LogP contribution in [0.1, 0.15) is 15.9 Å². The number of nitrogens with one attached hydrogen (secondary N) is 2. The lowest BCUT2D eigenvalue weighted by Crippen LogP contribution is -2.50. The van der Waals surface area contributed by atoms with Gasteiger partial charge in [0.15, 0.2) is 9.84 Å². The van der Waals surface area contributed by atoms with Crippen molar-refractivity contribution in [2.75, 3.05) is 12.3 Å². The average Bonchev–Trinajstić information content (AvgIpc) is 2.71. The number of nitrogens with zero attached hydrogens (tertiary/aromatic N) is 1. The van der Waals surface area contributed by atoms with Crippen LogP contribution in [-0.4, -0.2) is 45.2 Å². The second-order valence-electron chi connectivity index (χ2n) is 6.35. The highest BCUT2D eigenvalue weighted by molar-refractivity contribution is 7.90. The average molecular weight is 451 g/mol. The number of sulfone groups is 1. The van der Waals surface area contributed by atoms with E-state index in [-0.39, 0.29) is 23.4 Å². The van der Waals surface area contributed by atoms with Crippen molar-refractivity contribution in [1.29, 1.82) is 5.26 Å². The van der Waals surface area contributed by atoms with Crippen molar-refractivity contribution in [3.8, 4) is 11.8 Å². The normalized spacial score (nSPS) is 11.9. The van der Waals surface area contributed by atoms with Gasteiger partial charge in [-0.25, -0.2) is 8.42 Å². The number of carbonyl (C=O) groups excluding carboxylic acids is 2. The Morgan fingerprint density at radius 2 is 1.81 bits per heavy atom. The van der Waals surface area contributed by atoms with E-state index in [1.165, 1.54) is 30.3 Å². The van der Waals surface area contributed by atoms with Gasteiger partial charge in [-0.3, -0.25) is 9.59 Å². The SMILES string of the molecule is N#CCNC(=O)[C@H](CS(=O)(=O)Cc1cccc(OC(F)F)c1)NC(=O)c1ccccc1. The van der Waals surface area contributed by atoms with E-state index in [0.29, 0.717) is 0 Å². The van der Waals surface area contributed by atoms with Crippen molar-refractivity contribution in [3.05, 3.63) is 65.7 Å². The summed E-state index contributed by atoms with van der Waals surface area (Å²) >= 11 is 0. The van der Waals surface area contributed by atoms with Gasteiger partial charge in [-0.2, -0.15) is 14.0 Å². The Labute approximate surface area is 177 Å². The second-order valence-corrected chi connectivity index (χ2v) is 8.46. The number of hydrogen-bond donors (Lipinski definition) is 2. The molecule has 0 aromatic heterocycles. The van der Waals surface area contributed by atoms with Crippen molar-refractivity contribution < 1.29 is 31.5 Å². The molecule has 164 valence electrons. The topological polar surface area (TPSA) is 125 Å². The zero-order valence-corrected chi connectivity index (χ0v) is 16.9. The lowest BCUT2D eigenvalue weighted by atomic mass is 10.2. The van der Waals surface area contributed by atoms with Gasteiger partial charge in [-0.1, -0.05) is 30.3 Å². The van der Waals surface area contributed by atoms with Gasteiger partial charge in [-0.05, 0) is 29.8 Å². The molecule has 0 aliphatic heterocycles. The maximum Gasteiger partial charge on any atom is 0.387 e. The summed E-state index contributed by atoms with van der Waals surface area (Å²) in [5, 5.41) is 13.2. The molecule has 0 saturated carbocycles. The number of amides is 2. The van der Waals surface area contributed by atoms with E-state index in [4.69, 9.17) is 5.26 Å². The first-order valence-electron chi connectivity index (χ1n) is 8.95. The molecule has 1 atom stereocenters. The van der Waals surface area contributed by atoms with Gasteiger partial charge in [0.05, 0.1) is 17.6 Å². The molecule has 0 spiro atoms. The molecule has 2 aromatic rings. The van der Waals surface area contributed by atoms with Crippen LogP contribution < -0.4 is 15.4 Å². The number of nitriles is 1. The van der Waals surface area contributed by atoms with Crippen LogP contribution in [0.3, 0.4) is 0 Å². The first kappa shape index (κ1) is 23.8. The summed E-state index contributed by atoms with van der Waals surface area (Å²) in [5.74, 6) is -3.05. The van der Waals surface area contributed by atoms with Crippen molar-refractivity contribution in [3.63, 3.8) is 0 Å². The van der Waals surface area contributed by atoms with Crippen LogP contribution in [0.25, 0.3) is 0 Å².